The molecule has 2 unspecified atom stereocenters. The third kappa shape index (κ3) is 66.0. The van der Waals surface area contributed by atoms with Crippen LogP contribution in [0.5, 0.6) is 0 Å². The molecule has 4 amide bonds. The van der Waals surface area contributed by atoms with Gasteiger partial charge in [0.05, 0.1) is 0 Å². The van der Waals surface area contributed by atoms with Crippen LogP contribution < -0.4 is 44.2 Å². The van der Waals surface area contributed by atoms with E-state index in [9.17, 15) is 19.2 Å². The van der Waals surface area contributed by atoms with Gasteiger partial charge in [-0.3, -0.25) is 29.2 Å². The molecule has 0 rings (SSSR count). The maximum absolute atomic E-state index is 12.8. The second-order valence-corrected chi connectivity index (χ2v) is 24.8. The van der Waals surface area contributed by atoms with Gasteiger partial charge in [0.25, 0.3) is 0 Å². The molecule has 0 saturated heterocycles. The first-order valence-electron chi connectivity index (χ1n) is 36.3. The summed E-state index contributed by atoms with van der Waals surface area (Å²) < 4.78 is 0. The average molecular weight is 1190 g/mol. The zero-order valence-electron chi connectivity index (χ0n) is 56.0. The number of carbonyl (C=O) groups is 4. The van der Waals surface area contributed by atoms with Gasteiger partial charge in [-0.15, -0.1) is 0 Å². The van der Waals surface area contributed by atoms with Gasteiger partial charge in [-0.1, -0.05) is 323 Å². The van der Waals surface area contributed by atoms with Crippen molar-refractivity contribution in [2.24, 2.45) is 32.9 Å². The highest BCUT2D eigenvalue weighted by Crippen LogP contribution is 2.17. The van der Waals surface area contributed by atoms with Gasteiger partial charge in [0.1, 0.15) is 12.1 Å². The second-order valence-electron chi connectivity index (χ2n) is 24.8. The highest BCUT2D eigenvalue weighted by molar-refractivity contribution is 5.88. The number of hydrogen-bond donors (Lipinski definition) is 8. The van der Waals surface area contributed by atoms with E-state index in [4.69, 9.17) is 22.9 Å². The summed E-state index contributed by atoms with van der Waals surface area (Å²) in [6.07, 6.45) is 65.9. The molecule has 14 nitrogen and oxygen atoms in total. The van der Waals surface area contributed by atoms with Gasteiger partial charge in [0.2, 0.25) is 23.6 Å². The number of unbranched alkanes of at least 4 members (excludes halogenated alkanes) is 46. The van der Waals surface area contributed by atoms with Crippen molar-refractivity contribution < 1.29 is 19.2 Å². The molecule has 0 aliphatic heterocycles. The predicted octanol–water partition coefficient (Wildman–Crippen LogP) is 16.9. The van der Waals surface area contributed by atoms with E-state index in [0.717, 1.165) is 51.4 Å². The van der Waals surface area contributed by atoms with Crippen LogP contribution in [0.15, 0.2) is 9.98 Å². The van der Waals surface area contributed by atoms with E-state index in [1.54, 1.807) is 0 Å². The lowest BCUT2D eigenvalue weighted by molar-refractivity contribution is -0.129. The molecule has 0 aromatic carbocycles. The lowest BCUT2D eigenvalue weighted by atomic mass is 10.0. The van der Waals surface area contributed by atoms with Gasteiger partial charge >= 0.3 is 0 Å². The summed E-state index contributed by atoms with van der Waals surface area (Å²) in [4.78, 5) is 58.7. The third-order valence-electron chi connectivity index (χ3n) is 16.4. The number of amides is 4. The predicted molar refractivity (Wildman–Crippen MR) is 363 cm³/mol. The van der Waals surface area contributed by atoms with Gasteiger partial charge in [0, 0.05) is 39.0 Å². The van der Waals surface area contributed by atoms with Crippen LogP contribution in [0.2, 0.25) is 0 Å². The fourth-order valence-electron chi connectivity index (χ4n) is 10.9. The molecule has 0 aliphatic carbocycles. The number of nitrogens with zero attached hydrogens (tertiary/aromatic N) is 2. The smallest absolute Gasteiger partial charge is 0.242 e. The minimum Gasteiger partial charge on any atom is -0.370 e. The van der Waals surface area contributed by atoms with E-state index in [1.165, 1.54) is 270 Å². The number of rotatable bonds is 64. The summed E-state index contributed by atoms with van der Waals surface area (Å²) in [5.41, 5.74) is 21.8. The van der Waals surface area contributed by atoms with Gasteiger partial charge in [0.15, 0.2) is 11.9 Å². The molecule has 0 bridgehead atoms. The van der Waals surface area contributed by atoms with Crippen molar-refractivity contribution in [2.75, 3.05) is 26.2 Å². The quantitative estimate of drug-likeness (QED) is 0.0165. The zero-order chi connectivity index (χ0) is 61.9. The minimum absolute atomic E-state index is 0.00272. The van der Waals surface area contributed by atoms with E-state index in [-0.39, 0.29) is 35.5 Å². The molecule has 0 saturated carbocycles. The fraction of sp³-hybridized carbons (Fsp3) is 0.914. The standard InChI is InChI=1S/C37H75N5O2.C33H67N5O2/c1-3-5-7-9-11-13-15-17-19-21-23-25-27-29-32-40-36(44)34(31-33-41-37(38)39)42-35(43)30-28-26-24-22-20-18-16-14-12-10-8-6-4-2;1-3-5-7-9-11-13-15-17-19-21-23-25-28-36-32(40)30(27-29-37-33(34)35)38-31(39)26-24-22-20-18-16-14-12-10-8-6-4-2/h34H,3-33H2,1-2H3,(H,40,44)(H,42,43)(H4,38,39,41);30H,3-29H2,1-2H3,(H,36,40)(H,38,39)(H4,34,35,37). The van der Waals surface area contributed by atoms with E-state index in [2.05, 4.69) is 58.9 Å². The first-order chi connectivity index (χ1) is 41.0. The van der Waals surface area contributed by atoms with Crippen molar-refractivity contribution in [3.8, 4) is 0 Å². The lowest BCUT2D eigenvalue weighted by Gasteiger charge is -2.18. The van der Waals surface area contributed by atoms with E-state index < -0.39 is 12.1 Å². The molecular formula is C70H142N10O4. The monoisotopic (exact) mass is 1190 g/mol. The first kappa shape index (κ1) is 82.5. The molecule has 0 spiro atoms. The lowest BCUT2D eigenvalue weighted by Crippen LogP contribution is -2.47. The van der Waals surface area contributed by atoms with Crippen molar-refractivity contribution in [2.45, 2.75) is 387 Å². The minimum atomic E-state index is -0.598. The summed E-state index contributed by atoms with van der Waals surface area (Å²) >= 11 is 0. The van der Waals surface area contributed by atoms with Gasteiger partial charge in [-0.2, -0.15) is 0 Å². The van der Waals surface area contributed by atoms with Crippen molar-refractivity contribution in [3.63, 3.8) is 0 Å². The summed E-state index contributed by atoms with van der Waals surface area (Å²) in [6, 6.07) is -1.19. The van der Waals surface area contributed by atoms with E-state index >= 15 is 0 Å². The van der Waals surface area contributed by atoms with Crippen LogP contribution >= 0.6 is 0 Å². The normalized spacial score (nSPS) is 11.8. The van der Waals surface area contributed by atoms with Crippen molar-refractivity contribution >= 4 is 35.5 Å². The Hall–Kier alpha value is -3.58. The molecule has 0 aromatic rings. The molecule has 2 atom stereocenters. The topological polar surface area (TPSA) is 245 Å². The number of aliphatic imine (C=N–C) groups is 2. The van der Waals surface area contributed by atoms with Crippen LogP contribution in [-0.2, 0) is 19.2 Å². The Morgan fingerprint density at radius 3 is 0.679 bits per heavy atom. The summed E-state index contributed by atoms with van der Waals surface area (Å²) in [6.45, 7) is 11.0. The van der Waals surface area contributed by atoms with E-state index in [1.807, 2.05) is 0 Å². The Morgan fingerprint density at radius 2 is 0.476 bits per heavy atom. The molecule has 14 heteroatoms. The molecule has 12 N–H and O–H groups in total. The summed E-state index contributed by atoms with van der Waals surface area (Å²) in [7, 11) is 0. The Morgan fingerprint density at radius 1 is 0.286 bits per heavy atom. The van der Waals surface area contributed by atoms with Gasteiger partial charge in [-0.25, -0.2) is 0 Å². The molecule has 0 radical (unpaired) electrons. The maximum atomic E-state index is 12.8. The van der Waals surface area contributed by atoms with Crippen LogP contribution in [0.4, 0.5) is 0 Å². The van der Waals surface area contributed by atoms with Gasteiger partial charge in [-0.05, 0) is 38.5 Å². The maximum Gasteiger partial charge on any atom is 0.242 e. The molecular weight excluding hydrogens is 1040 g/mol. The Kier molecular flexibility index (Phi) is 67.3. The van der Waals surface area contributed by atoms with Crippen LogP contribution in [0, 0.1) is 0 Å². The highest BCUT2D eigenvalue weighted by Gasteiger charge is 2.21. The number of carbonyl (C=O) groups excluding carboxylic acids is 4. The molecule has 0 fully saturated rings. The molecule has 0 heterocycles. The van der Waals surface area contributed by atoms with Crippen LogP contribution in [0.3, 0.4) is 0 Å². The Labute approximate surface area is 519 Å². The van der Waals surface area contributed by atoms with Crippen molar-refractivity contribution in [1.29, 1.82) is 0 Å². The number of nitrogens with one attached hydrogen (secondary N) is 4. The summed E-state index contributed by atoms with van der Waals surface area (Å²) in [5, 5.41) is 11.9. The van der Waals surface area contributed by atoms with E-state index in [0.29, 0.717) is 51.9 Å². The highest BCUT2D eigenvalue weighted by atomic mass is 16.2. The van der Waals surface area contributed by atoms with Crippen molar-refractivity contribution in [1.82, 2.24) is 21.3 Å². The van der Waals surface area contributed by atoms with Crippen LogP contribution in [0.1, 0.15) is 374 Å². The largest absolute Gasteiger partial charge is 0.370 e. The molecule has 0 aliphatic rings. The summed E-state index contributed by atoms with van der Waals surface area (Å²) in [5.74, 6) is -0.390. The first-order valence-corrected chi connectivity index (χ1v) is 36.3. The number of hydrogen-bond acceptors (Lipinski definition) is 6. The second kappa shape index (κ2) is 68.5. The number of guanidine groups is 2. The number of nitrogens with two attached hydrogens (primary N) is 4. The third-order valence-corrected chi connectivity index (χ3v) is 16.4. The average Bonchev–Trinajstić information content (AvgIpc) is 3.58. The fourth-order valence-corrected chi connectivity index (χ4v) is 10.9. The van der Waals surface area contributed by atoms with Crippen LogP contribution in [-0.4, -0.2) is 73.8 Å². The van der Waals surface area contributed by atoms with Gasteiger partial charge < -0.3 is 44.2 Å². The Bertz CT molecular complexity index is 1490. The molecule has 84 heavy (non-hydrogen) atoms. The SMILES string of the molecule is CCCCCCCCCCCCCCCCNC(=O)C(CCN=C(N)N)NC(=O)CCCCCCCCCCCCCCC.CCCCCCCCCCCCCCNC(=O)C(CCN=C(N)N)NC(=O)CCCCCCCCCCCCC. The van der Waals surface area contributed by atoms with Crippen LogP contribution in [0.25, 0.3) is 0 Å². The molecule has 496 valence electrons. The Balaban J connectivity index is 0. The van der Waals surface area contributed by atoms with Crippen molar-refractivity contribution in [3.05, 3.63) is 0 Å². The zero-order valence-corrected chi connectivity index (χ0v) is 56.0. The molecule has 0 aromatic heterocycles.